The summed E-state index contributed by atoms with van der Waals surface area (Å²) in [6, 6.07) is 19.2. The smallest absolute Gasteiger partial charge is 0.165 e. The van der Waals surface area contributed by atoms with Gasteiger partial charge in [0.2, 0.25) is 0 Å². The zero-order valence-electron chi connectivity index (χ0n) is 16.7. The second kappa shape index (κ2) is 8.16. The molecule has 0 unspecified atom stereocenters. The van der Waals surface area contributed by atoms with Gasteiger partial charge in [-0.2, -0.15) is 0 Å². The Morgan fingerprint density at radius 3 is 1.35 bits per heavy atom. The highest BCUT2D eigenvalue weighted by molar-refractivity contribution is 5.64. The van der Waals surface area contributed by atoms with Crippen LogP contribution >= 0.6 is 0 Å². The fourth-order valence-corrected chi connectivity index (χ4v) is 3.12. The van der Waals surface area contributed by atoms with E-state index in [1.807, 2.05) is 67.6 Å². The van der Waals surface area contributed by atoms with Gasteiger partial charge in [-0.3, -0.25) is 19.9 Å². The Morgan fingerprint density at radius 1 is 0.484 bits per heavy atom. The van der Waals surface area contributed by atoms with Crippen LogP contribution in [0, 0.1) is 6.92 Å². The van der Waals surface area contributed by atoms with Crippen LogP contribution in [0.3, 0.4) is 0 Å². The molecule has 0 aromatic carbocycles. The summed E-state index contributed by atoms with van der Waals surface area (Å²) in [5.74, 6) is 1.76. The van der Waals surface area contributed by atoms with Gasteiger partial charge in [-0.05, 0) is 55.5 Å². The molecule has 0 amide bonds. The minimum Gasteiger partial charge on any atom is -0.255 e. The van der Waals surface area contributed by atoms with Crippen molar-refractivity contribution in [2.24, 2.45) is 0 Å². The van der Waals surface area contributed by atoms with E-state index < -0.39 is 0 Å². The van der Waals surface area contributed by atoms with Gasteiger partial charge in [0, 0.05) is 35.9 Å². The van der Waals surface area contributed by atoms with E-state index in [1.165, 1.54) is 0 Å². The van der Waals surface area contributed by atoms with Gasteiger partial charge in [0.25, 0.3) is 0 Å². The Balaban J connectivity index is 1.45. The molecule has 5 aromatic heterocycles. The summed E-state index contributed by atoms with van der Waals surface area (Å²) in [6.45, 7) is 1.85. The van der Waals surface area contributed by atoms with E-state index in [1.54, 1.807) is 24.8 Å². The van der Waals surface area contributed by atoms with Crippen molar-refractivity contribution >= 4 is 0 Å². The van der Waals surface area contributed by atoms with Crippen molar-refractivity contribution in [1.29, 1.82) is 0 Å². The lowest BCUT2D eigenvalue weighted by Gasteiger charge is -2.07. The SMILES string of the molecule is Cc1nc(-c2ccc(-c3ccccn3)nc2)nc(-c2ccc(-c3ccccn3)nc2)n1. The molecule has 0 spiro atoms. The average Bonchev–Trinajstić information content (AvgIpc) is 2.85. The first-order valence-corrected chi connectivity index (χ1v) is 9.74. The fourth-order valence-electron chi connectivity index (χ4n) is 3.12. The number of pyridine rings is 4. The highest BCUT2D eigenvalue weighted by Crippen LogP contribution is 2.23. The van der Waals surface area contributed by atoms with Gasteiger partial charge >= 0.3 is 0 Å². The maximum atomic E-state index is 4.65. The number of rotatable bonds is 4. The van der Waals surface area contributed by atoms with Crippen LogP contribution in [0.15, 0.2) is 85.5 Å². The van der Waals surface area contributed by atoms with Crippen LogP contribution in [0.2, 0.25) is 0 Å². The predicted molar refractivity (Wildman–Crippen MR) is 117 cm³/mol. The number of nitrogens with zero attached hydrogens (tertiary/aromatic N) is 7. The molecule has 5 aromatic rings. The third kappa shape index (κ3) is 4.02. The maximum Gasteiger partial charge on any atom is 0.165 e. The maximum absolute atomic E-state index is 4.65. The Kier molecular flexibility index (Phi) is 4.90. The van der Waals surface area contributed by atoms with Gasteiger partial charge in [-0.25, -0.2) is 15.0 Å². The van der Waals surface area contributed by atoms with Crippen LogP contribution in [0.4, 0.5) is 0 Å². The molecule has 5 heterocycles. The summed E-state index contributed by atoms with van der Waals surface area (Å²) >= 11 is 0. The molecule has 0 fully saturated rings. The minimum atomic E-state index is 0.566. The monoisotopic (exact) mass is 403 g/mol. The van der Waals surface area contributed by atoms with Crippen molar-refractivity contribution in [3.8, 4) is 45.6 Å². The first-order chi connectivity index (χ1) is 15.3. The summed E-state index contributed by atoms with van der Waals surface area (Å²) in [7, 11) is 0. The molecular weight excluding hydrogens is 386 g/mol. The van der Waals surface area contributed by atoms with E-state index in [-0.39, 0.29) is 0 Å². The molecule has 0 saturated carbocycles. The molecule has 7 nitrogen and oxygen atoms in total. The molecule has 0 aliphatic rings. The summed E-state index contributed by atoms with van der Waals surface area (Å²) in [6.07, 6.45) is 7.01. The molecule has 0 atom stereocenters. The lowest BCUT2D eigenvalue weighted by molar-refractivity contribution is 0.988. The Hall–Kier alpha value is -4.39. The summed E-state index contributed by atoms with van der Waals surface area (Å²) in [5, 5.41) is 0. The normalized spacial score (nSPS) is 10.7. The van der Waals surface area contributed by atoms with E-state index in [0.717, 1.165) is 33.9 Å². The van der Waals surface area contributed by atoms with Gasteiger partial charge in [0.15, 0.2) is 11.6 Å². The van der Waals surface area contributed by atoms with E-state index in [2.05, 4.69) is 34.9 Å². The van der Waals surface area contributed by atoms with Crippen molar-refractivity contribution in [2.75, 3.05) is 0 Å². The first kappa shape index (κ1) is 18.6. The number of hydrogen-bond donors (Lipinski definition) is 0. The minimum absolute atomic E-state index is 0.566. The van der Waals surface area contributed by atoms with E-state index in [9.17, 15) is 0 Å². The van der Waals surface area contributed by atoms with Crippen LogP contribution in [0.1, 0.15) is 5.82 Å². The molecular formula is C24H17N7. The van der Waals surface area contributed by atoms with E-state index >= 15 is 0 Å². The fraction of sp³-hybridized carbons (Fsp3) is 0.0417. The van der Waals surface area contributed by atoms with Crippen LogP contribution in [-0.2, 0) is 0 Å². The Labute approximate surface area is 179 Å². The van der Waals surface area contributed by atoms with Crippen molar-refractivity contribution in [3.63, 3.8) is 0 Å². The van der Waals surface area contributed by atoms with Gasteiger partial charge < -0.3 is 0 Å². The van der Waals surface area contributed by atoms with Crippen LogP contribution in [0.5, 0.6) is 0 Å². The molecule has 0 saturated heterocycles. The standard InChI is InChI=1S/C24H17N7/c1-16-29-23(17-8-10-21(27-14-17)19-6-2-4-12-25-19)31-24(30-16)18-9-11-22(28-15-18)20-7-3-5-13-26-20/h2-15H,1H3. The quantitative estimate of drug-likeness (QED) is 0.438. The van der Waals surface area contributed by atoms with Gasteiger partial charge in [-0.1, -0.05) is 12.1 Å². The van der Waals surface area contributed by atoms with E-state index in [4.69, 9.17) is 0 Å². The van der Waals surface area contributed by atoms with Crippen molar-refractivity contribution in [2.45, 2.75) is 6.92 Å². The molecule has 148 valence electrons. The third-order valence-corrected chi connectivity index (χ3v) is 4.65. The topological polar surface area (TPSA) is 90.2 Å². The molecule has 7 heteroatoms. The van der Waals surface area contributed by atoms with Crippen LogP contribution in [0.25, 0.3) is 45.6 Å². The number of hydrogen-bond acceptors (Lipinski definition) is 7. The van der Waals surface area contributed by atoms with Gasteiger partial charge in [0.05, 0.1) is 22.8 Å². The molecule has 31 heavy (non-hydrogen) atoms. The van der Waals surface area contributed by atoms with Crippen molar-refractivity contribution in [1.82, 2.24) is 34.9 Å². The highest BCUT2D eigenvalue weighted by atomic mass is 15.0. The van der Waals surface area contributed by atoms with Crippen molar-refractivity contribution in [3.05, 3.63) is 91.3 Å². The highest BCUT2D eigenvalue weighted by Gasteiger charge is 2.11. The Morgan fingerprint density at radius 2 is 0.968 bits per heavy atom. The Bertz CT molecular complexity index is 1200. The number of aromatic nitrogens is 7. The molecule has 0 radical (unpaired) electrons. The molecule has 0 aliphatic carbocycles. The third-order valence-electron chi connectivity index (χ3n) is 4.65. The first-order valence-electron chi connectivity index (χ1n) is 9.74. The average molecular weight is 403 g/mol. The summed E-state index contributed by atoms with van der Waals surface area (Å²) < 4.78 is 0. The largest absolute Gasteiger partial charge is 0.255 e. The van der Waals surface area contributed by atoms with Gasteiger partial charge in [-0.15, -0.1) is 0 Å². The lowest BCUT2D eigenvalue weighted by Crippen LogP contribution is -2.00. The number of aryl methyl sites for hydroxylation is 1. The molecule has 0 N–H and O–H groups in total. The molecule has 0 aliphatic heterocycles. The lowest BCUT2D eigenvalue weighted by atomic mass is 10.2. The second-order valence-corrected chi connectivity index (χ2v) is 6.82. The molecule has 5 rings (SSSR count). The zero-order valence-corrected chi connectivity index (χ0v) is 16.7. The zero-order chi connectivity index (χ0) is 21.0. The van der Waals surface area contributed by atoms with Gasteiger partial charge in [0.1, 0.15) is 5.82 Å². The van der Waals surface area contributed by atoms with E-state index in [0.29, 0.717) is 17.5 Å². The van der Waals surface area contributed by atoms with Crippen molar-refractivity contribution < 1.29 is 0 Å². The second-order valence-electron chi connectivity index (χ2n) is 6.82. The van der Waals surface area contributed by atoms with Crippen LogP contribution in [-0.4, -0.2) is 34.9 Å². The molecule has 0 bridgehead atoms. The predicted octanol–water partition coefficient (Wildman–Crippen LogP) is 4.43. The summed E-state index contributed by atoms with van der Waals surface area (Å²) in [4.78, 5) is 31.3. The summed E-state index contributed by atoms with van der Waals surface area (Å²) in [5.41, 5.74) is 4.85. The van der Waals surface area contributed by atoms with Crippen LogP contribution < -0.4 is 0 Å².